The predicted octanol–water partition coefficient (Wildman–Crippen LogP) is 20.7. The molecule has 0 amide bonds. The number of anilines is 6. The van der Waals surface area contributed by atoms with E-state index in [2.05, 4.69) is 284 Å². The third-order valence-electron chi connectivity index (χ3n) is 15.2. The molecule has 358 valence electrons. The van der Waals surface area contributed by atoms with Crippen LogP contribution in [0.5, 0.6) is 0 Å². The zero-order valence-electron chi connectivity index (χ0n) is 43.7. The van der Waals surface area contributed by atoms with Crippen molar-refractivity contribution < 1.29 is 0 Å². The number of aryl methyl sites for hydroxylation is 8. The van der Waals surface area contributed by atoms with E-state index in [0.29, 0.717) is 0 Å². The summed E-state index contributed by atoms with van der Waals surface area (Å²) < 4.78 is 0. The van der Waals surface area contributed by atoms with Crippen LogP contribution in [-0.2, 0) is 0 Å². The van der Waals surface area contributed by atoms with E-state index >= 15 is 0 Å². The average molecular weight is 953 g/mol. The molecule has 0 saturated carbocycles. The Bertz CT molecular complexity index is 3700. The minimum Gasteiger partial charge on any atom is -0.309 e. The lowest BCUT2D eigenvalue weighted by Crippen LogP contribution is -2.14. The van der Waals surface area contributed by atoms with E-state index in [1.807, 2.05) is 0 Å². The van der Waals surface area contributed by atoms with Crippen LogP contribution in [0.25, 0.3) is 76.8 Å². The topological polar surface area (TPSA) is 6.48 Å². The van der Waals surface area contributed by atoms with Crippen LogP contribution in [-0.4, -0.2) is 0 Å². The molecule has 0 bridgehead atoms. The molecular weight excluding hydrogens is 893 g/mol. The quantitative estimate of drug-likeness (QED) is 0.126. The second kappa shape index (κ2) is 18.7. The van der Waals surface area contributed by atoms with Crippen molar-refractivity contribution >= 4 is 66.4 Å². The average Bonchev–Trinajstić information content (AvgIpc) is 3.41. The molecule has 0 spiro atoms. The molecule has 2 heteroatoms. The minimum absolute atomic E-state index is 1.12. The zero-order valence-corrected chi connectivity index (χ0v) is 43.7. The van der Waals surface area contributed by atoms with Crippen molar-refractivity contribution in [1.82, 2.24) is 0 Å². The van der Waals surface area contributed by atoms with Crippen LogP contribution in [0.1, 0.15) is 44.5 Å². The summed E-state index contributed by atoms with van der Waals surface area (Å²) in [4.78, 5) is 5.09. The first-order valence-corrected chi connectivity index (χ1v) is 26.0. The van der Waals surface area contributed by atoms with Crippen molar-refractivity contribution in [2.75, 3.05) is 9.80 Å². The molecule has 0 saturated heterocycles. The molecule has 0 unspecified atom stereocenters. The van der Waals surface area contributed by atoms with Gasteiger partial charge in [0, 0.05) is 22.1 Å². The minimum atomic E-state index is 1.12. The molecule has 0 N–H and O–H groups in total. The highest BCUT2D eigenvalue weighted by molar-refractivity contribution is 6.28. The van der Waals surface area contributed by atoms with Crippen LogP contribution < -0.4 is 9.80 Å². The highest BCUT2D eigenvalue weighted by Crippen LogP contribution is 2.51. The van der Waals surface area contributed by atoms with Gasteiger partial charge in [0.25, 0.3) is 0 Å². The van der Waals surface area contributed by atoms with E-state index in [9.17, 15) is 0 Å². The van der Waals surface area contributed by atoms with Gasteiger partial charge in [-0.25, -0.2) is 0 Å². The number of rotatable bonds is 10. The zero-order chi connectivity index (χ0) is 50.8. The molecule has 0 aromatic heterocycles. The van der Waals surface area contributed by atoms with Crippen LogP contribution >= 0.6 is 0 Å². The highest BCUT2D eigenvalue weighted by Gasteiger charge is 2.26. The van der Waals surface area contributed by atoms with E-state index in [-0.39, 0.29) is 0 Å². The Kier molecular flexibility index (Phi) is 11.7. The first kappa shape index (κ1) is 46.4. The number of hydrogen-bond donors (Lipinski definition) is 0. The number of para-hydroxylation sites is 2. The first-order chi connectivity index (χ1) is 35.9. The molecule has 0 aliphatic rings. The lowest BCUT2D eigenvalue weighted by atomic mass is 9.90. The smallest absolute Gasteiger partial charge is 0.0540 e. The van der Waals surface area contributed by atoms with Crippen molar-refractivity contribution in [1.29, 1.82) is 0 Å². The summed E-state index contributed by atoms with van der Waals surface area (Å²) in [6.45, 7) is 17.7. The Morgan fingerprint density at radius 2 is 0.527 bits per heavy atom. The highest BCUT2D eigenvalue weighted by atomic mass is 15.2. The van der Waals surface area contributed by atoms with Gasteiger partial charge in [0.15, 0.2) is 0 Å². The van der Waals surface area contributed by atoms with E-state index in [4.69, 9.17) is 0 Å². The van der Waals surface area contributed by atoms with E-state index in [0.717, 1.165) is 22.7 Å². The molecule has 74 heavy (non-hydrogen) atoms. The molecule has 0 fully saturated rings. The van der Waals surface area contributed by atoms with Gasteiger partial charge in [-0.05, 0) is 192 Å². The summed E-state index contributed by atoms with van der Waals surface area (Å²) in [5.74, 6) is 0. The van der Waals surface area contributed by atoms with E-state index in [1.165, 1.54) is 133 Å². The lowest BCUT2D eigenvalue weighted by Gasteiger charge is -2.32. The molecule has 0 aliphatic heterocycles. The predicted molar refractivity (Wildman–Crippen MR) is 319 cm³/mol. The second-order valence-corrected chi connectivity index (χ2v) is 20.8. The Morgan fingerprint density at radius 3 is 0.824 bits per heavy atom. The van der Waals surface area contributed by atoms with Gasteiger partial charge >= 0.3 is 0 Å². The number of benzene rings is 12. The maximum atomic E-state index is 2.54. The van der Waals surface area contributed by atoms with E-state index < -0.39 is 0 Å². The first-order valence-electron chi connectivity index (χ1n) is 26.0. The molecule has 0 radical (unpaired) electrons. The van der Waals surface area contributed by atoms with Crippen LogP contribution in [0, 0.1) is 55.4 Å². The summed E-state index contributed by atoms with van der Waals surface area (Å²) in [7, 11) is 0. The summed E-state index contributed by atoms with van der Waals surface area (Å²) >= 11 is 0. The summed E-state index contributed by atoms with van der Waals surface area (Å²) in [6.07, 6.45) is 0. The van der Waals surface area contributed by atoms with Gasteiger partial charge in [-0.1, -0.05) is 192 Å². The van der Waals surface area contributed by atoms with Gasteiger partial charge in [-0.3, -0.25) is 0 Å². The molecule has 0 atom stereocenters. The Morgan fingerprint density at radius 1 is 0.243 bits per heavy atom. The maximum absolute atomic E-state index is 2.54. The standard InChI is InChI=1S/C72H60N2/c1-45-15-9-23-55(35-45)59-39-60(56-24-10-16-46(2)36-56)42-63(41-59)73(71-49(5)19-13-20-50(71)6)67-33-29-53-28-32-66-68(34-30-54-27-31-65(67)69(53)70(54)66)74(72-51(7)21-14-22-52(72)8)64-43-61(57-25-11-17-47(3)37-57)40-62(44-64)58-26-12-18-48(4)38-58/h9-44H,1-8H3. The summed E-state index contributed by atoms with van der Waals surface area (Å²) in [5, 5.41) is 7.38. The molecule has 12 rings (SSSR count). The molecule has 12 aromatic rings. The monoisotopic (exact) mass is 952 g/mol. The van der Waals surface area contributed by atoms with Crippen molar-refractivity contribution in [3.05, 3.63) is 263 Å². The Hall–Kier alpha value is -8.72. The van der Waals surface area contributed by atoms with Crippen LogP contribution in [0.15, 0.2) is 218 Å². The Labute approximate surface area is 436 Å². The SMILES string of the molecule is Cc1cccc(-c2cc(-c3cccc(C)c3)cc(N(c3c(C)cccc3C)c3ccc4ccc5c(N(c6cc(-c7cccc(C)c7)cc(-c7cccc(C)c7)c6)c6c(C)cccc6C)ccc6ccc3c4c65)c2)c1. The molecular formula is C72H60N2. The van der Waals surface area contributed by atoms with Gasteiger partial charge in [-0.2, -0.15) is 0 Å². The van der Waals surface area contributed by atoms with Crippen LogP contribution in [0.3, 0.4) is 0 Å². The van der Waals surface area contributed by atoms with Crippen molar-refractivity contribution in [2.24, 2.45) is 0 Å². The van der Waals surface area contributed by atoms with Crippen molar-refractivity contribution in [3.8, 4) is 44.5 Å². The third-order valence-corrected chi connectivity index (χ3v) is 15.2. The maximum Gasteiger partial charge on any atom is 0.0540 e. The lowest BCUT2D eigenvalue weighted by molar-refractivity contribution is 1.23. The third kappa shape index (κ3) is 8.37. The second-order valence-electron chi connectivity index (χ2n) is 20.8. The van der Waals surface area contributed by atoms with E-state index in [1.54, 1.807) is 0 Å². The molecule has 0 aliphatic carbocycles. The Balaban J connectivity index is 1.13. The van der Waals surface area contributed by atoms with Crippen LogP contribution in [0.4, 0.5) is 34.1 Å². The fourth-order valence-electron chi connectivity index (χ4n) is 11.7. The van der Waals surface area contributed by atoms with Gasteiger partial charge < -0.3 is 9.80 Å². The summed E-state index contributed by atoms with van der Waals surface area (Å²) in [6, 6.07) is 82.1. The van der Waals surface area contributed by atoms with Crippen LogP contribution in [0.2, 0.25) is 0 Å². The summed E-state index contributed by atoms with van der Waals surface area (Å²) in [5.41, 5.74) is 26.3. The number of nitrogens with zero attached hydrogens (tertiary/aromatic N) is 2. The van der Waals surface area contributed by atoms with Gasteiger partial charge in [-0.15, -0.1) is 0 Å². The molecule has 2 nitrogen and oxygen atoms in total. The normalized spacial score (nSPS) is 11.5. The fraction of sp³-hybridized carbons (Fsp3) is 0.111. The number of hydrogen-bond acceptors (Lipinski definition) is 2. The van der Waals surface area contributed by atoms with Crippen molar-refractivity contribution in [2.45, 2.75) is 55.4 Å². The van der Waals surface area contributed by atoms with Gasteiger partial charge in [0.05, 0.1) is 22.7 Å². The fourth-order valence-corrected chi connectivity index (χ4v) is 11.7. The largest absolute Gasteiger partial charge is 0.309 e. The van der Waals surface area contributed by atoms with Gasteiger partial charge in [0.1, 0.15) is 0 Å². The van der Waals surface area contributed by atoms with Gasteiger partial charge in [0.2, 0.25) is 0 Å². The molecule has 0 heterocycles. The molecule has 12 aromatic carbocycles. The van der Waals surface area contributed by atoms with Crippen molar-refractivity contribution in [3.63, 3.8) is 0 Å².